The number of esters is 1. The molecule has 0 unspecified atom stereocenters. The van der Waals surface area contributed by atoms with E-state index >= 15 is 0 Å². The molecule has 1 heterocycles. The van der Waals surface area contributed by atoms with Crippen LogP contribution in [0.15, 0.2) is 42.5 Å². The van der Waals surface area contributed by atoms with Crippen LogP contribution in [-0.2, 0) is 4.74 Å². The van der Waals surface area contributed by atoms with Crippen LogP contribution in [0, 0.1) is 6.92 Å². The van der Waals surface area contributed by atoms with Crippen LogP contribution >= 0.6 is 11.3 Å². The fourth-order valence-corrected chi connectivity index (χ4v) is 4.00. The summed E-state index contributed by atoms with van der Waals surface area (Å²) >= 11 is 1.69. The Morgan fingerprint density at radius 3 is 2.65 bits per heavy atom. The predicted octanol–water partition coefficient (Wildman–Crippen LogP) is 5.09. The van der Waals surface area contributed by atoms with E-state index in [1.54, 1.807) is 11.3 Å². The summed E-state index contributed by atoms with van der Waals surface area (Å²) in [7, 11) is 0. The summed E-state index contributed by atoms with van der Waals surface area (Å²) in [6.07, 6.45) is 0. The highest BCUT2D eigenvalue weighted by Gasteiger charge is 2.14. The van der Waals surface area contributed by atoms with Gasteiger partial charge in [0.2, 0.25) is 0 Å². The van der Waals surface area contributed by atoms with Gasteiger partial charge in [0.25, 0.3) is 0 Å². The van der Waals surface area contributed by atoms with Crippen molar-refractivity contribution in [1.29, 1.82) is 0 Å². The normalized spacial score (nSPS) is 11.4. The Labute approximate surface area is 137 Å². The van der Waals surface area contributed by atoms with Crippen molar-refractivity contribution in [2.45, 2.75) is 13.8 Å². The molecule has 4 aromatic rings. The van der Waals surface area contributed by atoms with Gasteiger partial charge in [0.1, 0.15) is 0 Å². The van der Waals surface area contributed by atoms with E-state index in [9.17, 15) is 4.79 Å². The van der Waals surface area contributed by atoms with Gasteiger partial charge in [0.05, 0.1) is 27.4 Å². The lowest BCUT2D eigenvalue weighted by Gasteiger charge is -2.08. The second-order valence-corrected chi connectivity index (χ2v) is 6.64. The molecule has 0 aliphatic rings. The van der Waals surface area contributed by atoms with Gasteiger partial charge in [-0.1, -0.05) is 30.3 Å². The molecule has 0 spiro atoms. The Kier molecular flexibility index (Phi) is 3.27. The van der Waals surface area contributed by atoms with Crippen LogP contribution in [0.5, 0.6) is 0 Å². The number of thiazole rings is 1. The maximum Gasteiger partial charge on any atom is 0.338 e. The van der Waals surface area contributed by atoms with Gasteiger partial charge in [-0.15, -0.1) is 11.3 Å². The lowest BCUT2D eigenvalue weighted by atomic mass is 9.99. The highest BCUT2D eigenvalue weighted by Crippen LogP contribution is 2.38. The number of carbonyl (C=O) groups excluding carboxylic acids is 1. The van der Waals surface area contributed by atoms with Gasteiger partial charge >= 0.3 is 5.97 Å². The van der Waals surface area contributed by atoms with Gasteiger partial charge in [0, 0.05) is 10.8 Å². The van der Waals surface area contributed by atoms with Crippen molar-refractivity contribution >= 4 is 49.1 Å². The number of aromatic nitrogens is 1. The third-order valence-corrected chi connectivity index (χ3v) is 4.99. The van der Waals surface area contributed by atoms with E-state index in [1.807, 2.05) is 44.2 Å². The van der Waals surface area contributed by atoms with Crippen LogP contribution in [0.4, 0.5) is 0 Å². The van der Waals surface area contributed by atoms with E-state index in [1.165, 1.54) is 4.70 Å². The van der Waals surface area contributed by atoms with Gasteiger partial charge in [-0.3, -0.25) is 0 Å². The summed E-state index contributed by atoms with van der Waals surface area (Å²) in [5.41, 5.74) is 1.63. The third-order valence-electron chi connectivity index (χ3n) is 3.98. The maximum absolute atomic E-state index is 12.1. The number of ether oxygens (including phenoxy) is 1. The minimum absolute atomic E-state index is 0.279. The monoisotopic (exact) mass is 321 g/mol. The van der Waals surface area contributed by atoms with Crippen LogP contribution in [-0.4, -0.2) is 17.6 Å². The molecule has 0 saturated carbocycles. The van der Waals surface area contributed by atoms with E-state index in [2.05, 4.69) is 12.1 Å². The zero-order chi connectivity index (χ0) is 16.0. The SMILES string of the molecule is CCOC(=O)c1ccc2c(c1)c1ccccc1c1nc(C)sc21. The van der Waals surface area contributed by atoms with Crippen molar-refractivity contribution in [1.82, 2.24) is 4.98 Å². The van der Waals surface area contributed by atoms with Crippen LogP contribution in [0.25, 0.3) is 31.8 Å². The average molecular weight is 321 g/mol. The number of rotatable bonds is 2. The highest BCUT2D eigenvalue weighted by atomic mass is 32.1. The van der Waals surface area contributed by atoms with Gasteiger partial charge in [-0.2, -0.15) is 0 Å². The molecule has 0 radical (unpaired) electrons. The summed E-state index contributed by atoms with van der Waals surface area (Å²) < 4.78 is 6.30. The second-order valence-electron chi connectivity index (χ2n) is 5.44. The van der Waals surface area contributed by atoms with Crippen molar-refractivity contribution in [3.8, 4) is 0 Å². The first-order valence-corrected chi connectivity index (χ1v) is 8.39. The van der Waals surface area contributed by atoms with E-state index in [0.29, 0.717) is 12.2 Å². The van der Waals surface area contributed by atoms with Gasteiger partial charge in [-0.05, 0) is 36.8 Å². The summed E-state index contributed by atoms with van der Waals surface area (Å²) in [5, 5.41) is 5.50. The number of fused-ring (bicyclic) bond motifs is 6. The quantitative estimate of drug-likeness (QED) is 0.381. The van der Waals surface area contributed by atoms with E-state index in [4.69, 9.17) is 9.72 Å². The van der Waals surface area contributed by atoms with Gasteiger partial charge in [-0.25, -0.2) is 9.78 Å². The fourth-order valence-electron chi connectivity index (χ4n) is 3.02. The molecular weight excluding hydrogens is 306 g/mol. The van der Waals surface area contributed by atoms with Gasteiger partial charge in [0.15, 0.2) is 0 Å². The van der Waals surface area contributed by atoms with Crippen molar-refractivity contribution < 1.29 is 9.53 Å². The molecule has 0 atom stereocenters. The highest BCUT2D eigenvalue weighted by molar-refractivity contribution is 7.19. The maximum atomic E-state index is 12.1. The molecular formula is C19H15NO2S. The third kappa shape index (κ3) is 2.18. The molecule has 23 heavy (non-hydrogen) atoms. The van der Waals surface area contributed by atoms with Crippen LogP contribution < -0.4 is 0 Å². The lowest BCUT2D eigenvalue weighted by molar-refractivity contribution is 0.0526. The summed E-state index contributed by atoms with van der Waals surface area (Å²) in [4.78, 5) is 16.8. The first kappa shape index (κ1) is 14.2. The van der Waals surface area contributed by atoms with Gasteiger partial charge < -0.3 is 4.74 Å². The van der Waals surface area contributed by atoms with Crippen molar-refractivity contribution in [2.75, 3.05) is 6.61 Å². The zero-order valence-electron chi connectivity index (χ0n) is 12.9. The number of hydrogen-bond acceptors (Lipinski definition) is 4. The van der Waals surface area contributed by atoms with E-state index in [0.717, 1.165) is 32.1 Å². The number of aryl methyl sites for hydroxylation is 1. The summed E-state index contributed by atoms with van der Waals surface area (Å²) in [6.45, 7) is 4.22. The lowest BCUT2D eigenvalue weighted by Crippen LogP contribution is -2.04. The Hall–Kier alpha value is -2.46. The Morgan fingerprint density at radius 2 is 1.87 bits per heavy atom. The number of carbonyl (C=O) groups is 1. The largest absolute Gasteiger partial charge is 0.462 e. The number of nitrogens with zero attached hydrogens (tertiary/aromatic N) is 1. The predicted molar refractivity (Wildman–Crippen MR) is 95.3 cm³/mol. The molecule has 0 aliphatic heterocycles. The Bertz CT molecular complexity index is 1070. The van der Waals surface area contributed by atoms with Crippen LogP contribution in [0.2, 0.25) is 0 Å². The number of benzene rings is 3. The average Bonchev–Trinajstić information content (AvgIpc) is 2.97. The molecule has 0 saturated heterocycles. The topological polar surface area (TPSA) is 39.2 Å². The Balaban J connectivity index is 2.14. The standard InChI is InChI=1S/C19H15NO2S/c1-3-22-19(21)12-8-9-15-16(10-12)13-6-4-5-7-14(13)17-18(15)23-11(2)20-17/h4-10H,3H2,1-2H3. The van der Waals surface area contributed by atoms with E-state index in [-0.39, 0.29) is 5.97 Å². The molecule has 0 amide bonds. The molecule has 3 aromatic carbocycles. The molecule has 1 aromatic heterocycles. The molecule has 0 N–H and O–H groups in total. The summed E-state index contributed by atoms with van der Waals surface area (Å²) in [5.74, 6) is -0.279. The zero-order valence-corrected chi connectivity index (χ0v) is 13.7. The number of hydrogen-bond donors (Lipinski definition) is 0. The molecule has 3 nitrogen and oxygen atoms in total. The Morgan fingerprint density at radius 1 is 1.09 bits per heavy atom. The first-order valence-electron chi connectivity index (χ1n) is 7.57. The molecule has 0 aliphatic carbocycles. The molecule has 4 heteroatoms. The fraction of sp³-hybridized carbons (Fsp3) is 0.158. The van der Waals surface area contributed by atoms with Crippen LogP contribution in [0.1, 0.15) is 22.3 Å². The summed E-state index contributed by atoms with van der Waals surface area (Å²) in [6, 6.07) is 14.0. The second kappa shape index (κ2) is 5.32. The van der Waals surface area contributed by atoms with Crippen molar-refractivity contribution in [3.05, 3.63) is 53.0 Å². The molecule has 0 bridgehead atoms. The smallest absolute Gasteiger partial charge is 0.338 e. The van der Waals surface area contributed by atoms with Crippen molar-refractivity contribution in [3.63, 3.8) is 0 Å². The molecule has 0 fully saturated rings. The van der Waals surface area contributed by atoms with E-state index < -0.39 is 0 Å². The molecule has 114 valence electrons. The first-order chi connectivity index (χ1) is 11.2. The minimum Gasteiger partial charge on any atom is -0.462 e. The minimum atomic E-state index is -0.279. The molecule has 4 rings (SSSR count). The van der Waals surface area contributed by atoms with Crippen LogP contribution in [0.3, 0.4) is 0 Å². The van der Waals surface area contributed by atoms with Crippen molar-refractivity contribution in [2.24, 2.45) is 0 Å².